The van der Waals surface area contributed by atoms with E-state index in [1.807, 2.05) is 27.0 Å². The summed E-state index contributed by atoms with van der Waals surface area (Å²) in [4.78, 5) is 36.9. The number of aryl methyl sites for hydroxylation is 2. The first kappa shape index (κ1) is 17.7. The molecule has 136 valence electrons. The molecule has 8 heteroatoms. The Kier molecular flexibility index (Phi) is 4.75. The molecule has 1 saturated heterocycles. The molecule has 3 rings (SSSR count). The normalized spacial score (nSPS) is 13.9. The Morgan fingerprint density at radius 3 is 2.69 bits per heavy atom. The zero-order chi connectivity index (χ0) is 18.8. The summed E-state index contributed by atoms with van der Waals surface area (Å²) in [6.07, 6.45) is 0.239. The number of nitrogens with one attached hydrogen (secondary N) is 2. The molecule has 8 nitrogen and oxygen atoms in total. The number of nitrogens with zero attached hydrogens (tertiary/aromatic N) is 3. The van der Waals surface area contributed by atoms with Gasteiger partial charge in [0.2, 0.25) is 11.8 Å². The van der Waals surface area contributed by atoms with Gasteiger partial charge in [-0.3, -0.25) is 19.2 Å². The fourth-order valence-corrected chi connectivity index (χ4v) is 2.98. The lowest BCUT2D eigenvalue weighted by Gasteiger charge is -2.13. The zero-order valence-electron chi connectivity index (χ0n) is 15.0. The summed E-state index contributed by atoms with van der Waals surface area (Å²) in [5, 5.41) is 9.67. The van der Waals surface area contributed by atoms with E-state index < -0.39 is 6.03 Å². The van der Waals surface area contributed by atoms with Crippen LogP contribution in [0, 0.1) is 13.8 Å². The monoisotopic (exact) mass is 355 g/mol. The highest BCUT2D eigenvalue weighted by Gasteiger charge is 2.28. The largest absolute Gasteiger partial charge is 0.329 e. The molecule has 0 bridgehead atoms. The first-order valence-corrected chi connectivity index (χ1v) is 8.31. The summed E-state index contributed by atoms with van der Waals surface area (Å²) >= 11 is 0. The second kappa shape index (κ2) is 6.99. The van der Waals surface area contributed by atoms with Crippen LogP contribution in [0.5, 0.6) is 0 Å². The fourth-order valence-electron chi connectivity index (χ4n) is 2.98. The van der Waals surface area contributed by atoms with Crippen molar-refractivity contribution in [3.63, 3.8) is 0 Å². The van der Waals surface area contributed by atoms with Crippen molar-refractivity contribution < 1.29 is 14.4 Å². The third-order valence-corrected chi connectivity index (χ3v) is 4.48. The maximum absolute atomic E-state index is 12.4. The lowest BCUT2D eigenvalue weighted by Crippen LogP contribution is -2.30. The molecule has 1 aromatic carbocycles. The van der Waals surface area contributed by atoms with Gasteiger partial charge in [-0.05, 0) is 31.5 Å². The van der Waals surface area contributed by atoms with Crippen LogP contribution in [-0.2, 0) is 29.6 Å². The fraction of sp³-hybridized carbons (Fsp3) is 0.333. The Bertz CT molecular complexity index is 871. The molecular weight excluding hydrogens is 334 g/mol. The molecule has 1 aliphatic heterocycles. The first-order chi connectivity index (χ1) is 12.3. The SMILES string of the molecule is Cc1nn(C)c(C)c1CC(=O)Nc1cccc(CN2C(=O)CNC2=O)c1. The number of carbonyl (C=O) groups is 3. The van der Waals surface area contributed by atoms with Gasteiger partial charge >= 0.3 is 6.03 Å². The van der Waals surface area contributed by atoms with Crippen LogP contribution in [0.4, 0.5) is 10.5 Å². The van der Waals surface area contributed by atoms with Crippen molar-refractivity contribution >= 4 is 23.5 Å². The van der Waals surface area contributed by atoms with Crippen molar-refractivity contribution in [2.45, 2.75) is 26.8 Å². The number of amides is 4. The molecule has 26 heavy (non-hydrogen) atoms. The molecule has 2 aromatic rings. The minimum atomic E-state index is -0.396. The topological polar surface area (TPSA) is 96.3 Å². The average molecular weight is 355 g/mol. The van der Waals surface area contributed by atoms with E-state index in [1.165, 1.54) is 0 Å². The van der Waals surface area contributed by atoms with E-state index in [9.17, 15) is 14.4 Å². The number of anilines is 1. The number of aromatic nitrogens is 2. The van der Waals surface area contributed by atoms with E-state index >= 15 is 0 Å². The Morgan fingerprint density at radius 1 is 1.31 bits per heavy atom. The summed E-state index contributed by atoms with van der Waals surface area (Å²) in [6, 6.07) is 6.73. The molecule has 0 radical (unpaired) electrons. The van der Waals surface area contributed by atoms with Gasteiger partial charge in [0, 0.05) is 24.0 Å². The summed E-state index contributed by atoms with van der Waals surface area (Å²) < 4.78 is 1.76. The summed E-state index contributed by atoms with van der Waals surface area (Å²) in [5.74, 6) is -0.400. The Labute approximate surface area is 151 Å². The van der Waals surface area contributed by atoms with E-state index in [2.05, 4.69) is 15.7 Å². The molecule has 0 aliphatic carbocycles. The van der Waals surface area contributed by atoms with Gasteiger partial charge in [0.05, 0.1) is 25.2 Å². The Balaban J connectivity index is 1.67. The van der Waals surface area contributed by atoms with Crippen molar-refractivity contribution in [3.05, 3.63) is 46.8 Å². The van der Waals surface area contributed by atoms with Crippen molar-refractivity contribution in [2.75, 3.05) is 11.9 Å². The number of carbonyl (C=O) groups excluding carboxylic acids is 3. The molecular formula is C18H21N5O3. The molecule has 1 fully saturated rings. The lowest BCUT2D eigenvalue weighted by molar-refractivity contribution is -0.125. The second-order valence-electron chi connectivity index (χ2n) is 6.34. The molecule has 0 saturated carbocycles. The van der Waals surface area contributed by atoms with Gasteiger partial charge < -0.3 is 10.6 Å². The molecule has 1 aromatic heterocycles. The van der Waals surface area contributed by atoms with E-state index in [0.29, 0.717) is 5.69 Å². The quantitative estimate of drug-likeness (QED) is 0.790. The lowest BCUT2D eigenvalue weighted by atomic mass is 10.1. The molecule has 4 amide bonds. The van der Waals surface area contributed by atoms with Crippen LogP contribution >= 0.6 is 0 Å². The molecule has 2 N–H and O–H groups in total. The van der Waals surface area contributed by atoms with Gasteiger partial charge in [-0.15, -0.1) is 0 Å². The number of hydrogen-bond acceptors (Lipinski definition) is 4. The van der Waals surface area contributed by atoms with Crippen molar-refractivity contribution in [3.8, 4) is 0 Å². The van der Waals surface area contributed by atoms with Crippen LogP contribution in [0.1, 0.15) is 22.5 Å². The van der Waals surface area contributed by atoms with Crippen LogP contribution in [0.3, 0.4) is 0 Å². The first-order valence-electron chi connectivity index (χ1n) is 8.31. The van der Waals surface area contributed by atoms with Gasteiger partial charge in [-0.2, -0.15) is 5.10 Å². The van der Waals surface area contributed by atoms with E-state index in [4.69, 9.17) is 0 Å². The van der Waals surface area contributed by atoms with Crippen LogP contribution < -0.4 is 10.6 Å². The van der Waals surface area contributed by atoms with Crippen LogP contribution in [0.2, 0.25) is 0 Å². The smallest absolute Gasteiger partial charge is 0.324 e. The standard InChI is InChI=1S/C18H21N5O3/c1-11-15(12(2)22(3)21-11)8-16(24)20-14-6-4-5-13(7-14)10-23-17(25)9-19-18(23)26/h4-7H,8-10H2,1-3H3,(H,19,26)(H,20,24). The predicted molar refractivity (Wildman–Crippen MR) is 95.4 cm³/mol. The number of benzene rings is 1. The second-order valence-corrected chi connectivity index (χ2v) is 6.34. The summed E-state index contributed by atoms with van der Waals surface area (Å²) in [5.41, 5.74) is 4.11. The van der Waals surface area contributed by atoms with Crippen molar-refractivity contribution in [1.29, 1.82) is 0 Å². The maximum atomic E-state index is 12.4. The van der Waals surface area contributed by atoms with Crippen molar-refractivity contribution in [1.82, 2.24) is 20.0 Å². The van der Waals surface area contributed by atoms with E-state index in [1.54, 1.807) is 22.9 Å². The van der Waals surface area contributed by atoms with Gasteiger partial charge in [-0.25, -0.2) is 4.79 Å². The molecule has 2 heterocycles. The number of rotatable bonds is 5. The highest BCUT2D eigenvalue weighted by atomic mass is 16.2. The minimum Gasteiger partial charge on any atom is -0.329 e. The van der Waals surface area contributed by atoms with Crippen LogP contribution in [0.15, 0.2) is 24.3 Å². The summed E-state index contributed by atoms with van der Waals surface area (Å²) in [6.45, 7) is 4.02. The predicted octanol–water partition coefficient (Wildman–Crippen LogP) is 1.27. The molecule has 0 spiro atoms. The molecule has 1 aliphatic rings. The third-order valence-electron chi connectivity index (χ3n) is 4.48. The maximum Gasteiger partial charge on any atom is 0.324 e. The molecule has 0 unspecified atom stereocenters. The van der Waals surface area contributed by atoms with Crippen LogP contribution in [-0.4, -0.2) is 39.1 Å². The summed E-state index contributed by atoms with van der Waals surface area (Å²) in [7, 11) is 1.85. The van der Waals surface area contributed by atoms with Crippen LogP contribution in [0.25, 0.3) is 0 Å². The van der Waals surface area contributed by atoms with Crippen molar-refractivity contribution in [2.24, 2.45) is 7.05 Å². The molecule has 0 atom stereocenters. The van der Waals surface area contributed by atoms with Gasteiger partial charge in [0.1, 0.15) is 0 Å². The Morgan fingerprint density at radius 2 is 2.08 bits per heavy atom. The zero-order valence-corrected chi connectivity index (χ0v) is 15.0. The van der Waals surface area contributed by atoms with Gasteiger partial charge in [-0.1, -0.05) is 12.1 Å². The average Bonchev–Trinajstić information content (AvgIpc) is 3.02. The number of imide groups is 1. The Hall–Kier alpha value is -3.16. The van der Waals surface area contributed by atoms with E-state index in [0.717, 1.165) is 27.4 Å². The minimum absolute atomic E-state index is 0.0269. The number of hydrogen-bond donors (Lipinski definition) is 2. The highest BCUT2D eigenvalue weighted by Crippen LogP contribution is 2.17. The van der Waals surface area contributed by atoms with Gasteiger partial charge in [0.15, 0.2) is 0 Å². The third kappa shape index (κ3) is 3.58. The highest BCUT2D eigenvalue weighted by molar-refractivity contribution is 6.01. The van der Waals surface area contributed by atoms with E-state index in [-0.39, 0.29) is 31.3 Å². The number of urea groups is 1. The van der Waals surface area contributed by atoms with Gasteiger partial charge in [0.25, 0.3) is 0 Å².